The van der Waals surface area contributed by atoms with Gasteiger partial charge in [-0.25, -0.2) is 4.79 Å². The number of anilines is 1. The van der Waals surface area contributed by atoms with Gasteiger partial charge in [-0.15, -0.1) is 0 Å². The number of carbonyl (C=O) groups is 1. The van der Waals surface area contributed by atoms with Gasteiger partial charge in [-0.3, -0.25) is 0 Å². The second kappa shape index (κ2) is 4.76. The van der Waals surface area contributed by atoms with E-state index in [1.54, 1.807) is 0 Å². The third kappa shape index (κ3) is 2.39. The van der Waals surface area contributed by atoms with Gasteiger partial charge in [0.05, 0.1) is 5.54 Å². The second-order valence-corrected chi connectivity index (χ2v) is 5.65. The Labute approximate surface area is 114 Å². The van der Waals surface area contributed by atoms with Crippen molar-refractivity contribution in [2.45, 2.75) is 37.6 Å². The van der Waals surface area contributed by atoms with E-state index in [-0.39, 0.29) is 11.6 Å². The number of nitrogens with zero attached hydrogens (tertiary/aromatic N) is 1. The molecule has 4 nitrogen and oxygen atoms in total. The molecule has 19 heavy (non-hydrogen) atoms. The van der Waals surface area contributed by atoms with Crippen molar-refractivity contribution in [2.75, 3.05) is 18.8 Å². The molecular formula is C15H21N3O. The topological polar surface area (TPSA) is 58.4 Å². The molecule has 102 valence electrons. The fourth-order valence-electron chi connectivity index (χ4n) is 2.90. The number of hydrogen-bond acceptors (Lipinski definition) is 2. The predicted molar refractivity (Wildman–Crippen MR) is 75.7 cm³/mol. The SMILES string of the molecule is Nc1ccccc1C1(NC(=O)N2CCCCC2)CC1. The molecule has 1 heterocycles. The maximum Gasteiger partial charge on any atom is 0.318 e. The van der Waals surface area contributed by atoms with Crippen LogP contribution in [0.2, 0.25) is 0 Å². The Bertz CT molecular complexity index is 476. The van der Waals surface area contributed by atoms with E-state index in [0.29, 0.717) is 0 Å². The highest BCUT2D eigenvalue weighted by atomic mass is 16.2. The zero-order chi connectivity index (χ0) is 13.3. The van der Waals surface area contributed by atoms with Gasteiger partial charge in [0.15, 0.2) is 0 Å². The van der Waals surface area contributed by atoms with Crippen LogP contribution in [-0.4, -0.2) is 24.0 Å². The van der Waals surface area contributed by atoms with Crippen LogP contribution in [0.25, 0.3) is 0 Å². The number of rotatable bonds is 2. The number of amides is 2. The third-order valence-corrected chi connectivity index (χ3v) is 4.22. The van der Waals surface area contributed by atoms with Crippen LogP contribution in [0.5, 0.6) is 0 Å². The van der Waals surface area contributed by atoms with E-state index in [1.165, 1.54) is 6.42 Å². The first-order chi connectivity index (χ1) is 9.21. The molecule has 1 aromatic carbocycles. The van der Waals surface area contributed by atoms with Crippen molar-refractivity contribution in [3.63, 3.8) is 0 Å². The van der Waals surface area contributed by atoms with Gasteiger partial charge in [-0.2, -0.15) is 0 Å². The van der Waals surface area contributed by atoms with Crippen molar-refractivity contribution in [1.82, 2.24) is 10.2 Å². The predicted octanol–water partition coefficient (Wildman–Crippen LogP) is 2.45. The molecule has 1 saturated carbocycles. The number of hydrogen-bond donors (Lipinski definition) is 2. The van der Waals surface area contributed by atoms with Crippen LogP contribution in [0.15, 0.2) is 24.3 Å². The Morgan fingerprint density at radius 1 is 1.16 bits per heavy atom. The maximum atomic E-state index is 12.3. The fourth-order valence-corrected chi connectivity index (χ4v) is 2.90. The van der Waals surface area contributed by atoms with Crippen molar-refractivity contribution in [1.29, 1.82) is 0 Å². The largest absolute Gasteiger partial charge is 0.398 e. The van der Waals surface area contributed by atoms with E-state index >= 15 is 0 Å². The maximum absolute atomic E-state index is 12.3. The summed E-state index contributed by atoms with van der Waals surface area (Å²) >= 11 is 0. The molecular weight excluding hydrogens is 238 g/mol. The second-order valence-electron chi connectivity index (χ2n) is 5.65. The minimum Gasteiger partial charge on any atom is -0.398 e. The summed E-state index contributed by atoms with van der Waals surface area (Å²) in [5.74, 6) is 0. The molecule has 0 spiro atoms. The number of urea groups is 1. The van der Waals surface area contributed by atoms with Crippen molar-refractivity contribution >= 4 is 11.7 Å². The molecule has 0 aromatic heterocycles. The number of nitrogens with one attached hydrogen (secondary N) is 1. The Hall–Kier alpha value is -1.71. The van der Waals surface area contributed by atoms with Crippen LogP contribution in [-0.2, 0) is 5.54 Å². The van der Waals surface area contributed by atoms with Gasteiger partial charge in [0.25, 0.3) is 0 Å². The van der Waals surface area contributed by atoms with Crippen LogP contribution in [0, 0.1) is 0 Å². The number of nitrogen functional groups attached to an aromatic ring is 1. The van der Waals surface area contributed by atoms with Crippen LogP contribution < -0.4 is 11.1 Å². The summed E-state index contributed by atoms with van der Waals surface area (Å²) in [4.78, 5) is 14.2. The number of nitrogens with two attached hydrogens (primary N) is 1. The molecule has 0 unspecified atom stereocenters. The molecule has 2 amide bonds. The summed E-state index contributed by atoms with van der Waals surface area (Å²) in [7, 11) is 0. The Morgan fingerprint density at radius 3 is 2.47 bits per heavy atom. The molecule has 2 aliphatic rings. The lowest BCUT2D eigenvalue weighted by Gasteiger charge is -2.30. The van der Waals surface area contributed by atoms with E-state index in [9.17, 15) is 4.79 Å². The van der Waals surface area contributed by atoms with Gasteiger partial charge in [-0.05, 0) is 38.2 Å². The Kier molecular flexibility index (Phi) is 3.09. The van der Waals surface area contributed by atoms with Crippen molar-refractivity contribution in [3.05, 3.63) is 29.8 Å². The minimum atomic E-state index is -0.208. The summed E-state index contributed by atoms with van der Waals surface area (Å²) < 4.78 is 0. The fraction of sp³-hybridized carbons (Fsp3) is 0.533. The average molecular weight is 259 g/mol. The molecule has 3 rings (SSSR count). The molecule has 0 atom stereocenters. The lowest BCUT2D eigenvalue weighted by atomic mass is 10.0. The highest BCUT2D eigenvalue weighted by molar-refractivity contribution is 5.76. The lowest BCUT2D eigenvalue weighted by molar-refractivity contribution is 0.181. The summed E-state index contributed by atoms with van der Waals surface area (Å²) in [5, 5.41) is 3.20. The summed E-state index contributed by atoms with van der Waals surface area (Å²) in [6, 6.07) is 7.92. The highest BCUT2D eigenvalue weighted by Gasteiger charge is 2.47. The van der Waals surface area contributed by atoms with E-state index in [0.717, 1.165) is 50.0 Å². The first-order valence-corrected chi connectivity index (χ1v) is 7.13. The molecule has 1 saturated heterocycles. The minimum absolute atomic E-state index is 0.0699. The zero-order valence-corrected chi connectivity index (χ0v) is 11.2. The third-order valence-electron chi connectivity index (χ3n) is 4.22. The molecule has 1 aliphatic heterocycles. The number of piperidine rings is 1. The van der Waals surface area contributed by atoms with Gasteiger partial charge in [0, 0.05) is 24.3 Å². The summed E-state index contributed by atoms with van der Waals surface area (Å²) in [6.45, 7) is 1.76. The average Bonchev–Trinajstić information content (AvgIpc) is 3.21. The van der Waals surface area contributed by atoms with E-state index in [4.69, 9.17) is 5.73 Å². The van der Waals surface area contributed by atoms with Crippen LogP contribution in [0.3, 0.4) is 0 Å². The lowest BCUT2D eigenvalue weighted by Crippen LogP contribution is -2.47. The molecule has 4 heteroatoms. The first-order valence-electron chi connectivity index (χ1n) is 7.13. The molecule has 2 fully saturated rings. The smallest absolute Gasteiger partial charge is 0.318 e. The van der Waals surface area contributed by atoms with Crippen molar-refractivity contribution in [3.8, 4) is 0 Å². The molecule has 0 radical (unpaired) electrons. The van der Waals surface area contributed by atoms with Gasteiger partial charge in [-0.1, -0.05) is 18.2 Å². The monoisotopic (exact) mass is 259 g/mol. The van der Waals surface area contributed by atoms with Gasteiger partial charge < -0.3 is 16.0 Å². The van der Waals surface area contributed by atoms with E-state index < -0.39 is 0 Å². The van der Waals surface area contributed by atoms with Gasteiger partial charge >= 0.3 is 6.03 Å². The first kappa shape index (κ1) is 12.3. The number of likely N-dealkylation sites (tertiary alicyclic amines) is 1. The number of benzene rings is 1. The Balaban J connectivity index is 1.72. The quantitative estimate of drug-likeness (QED) is 0.801. The zero-order valence-electron chi connectivity index (χ0n) is 11.2. The molecule has 1 aliphatic carbocycles. The van der Waals surface area contributed by atoms with Gasteiger partial charge in [0.1, 0.15) is 0 Å². The standard InChI is InChI=1S/C15H21N3O/c16-13-7-3-2-6-12(13)15(8-9-15)17-14(19)18-10-4-1-5-11-18/h2-3,6-7H,1,4-5,8-11,16H2,(H,17,19). The molecule has 3 N–H and O–H groups in total. The highest BCUT2D eigenvalue weighted by Crippen LogP contribution is 2.47. The van der Waals surface area contributed by atoms with Crippen molar-refractivity contribution < 1.29 is 4.79 Å². The van der Waals surface area contributed by atoms with Crippen molar-refractivity contribution in [2.24, 2.45) is 0 Å². The number of para-hydroxylation sites is 1. The van der Waals surface area contributed by atoms with Crippen LogP contribution in [0.4, 0.5) is 10.5 Å². The Morgan fingerprint density at radius 2 is 1.84 bits per heavy atom. The summed E-state index contributed by atoms with van der Waals surface area (Å²) in [6.07, 6.45) is 5.45. The molecule has 1 aromatic rings. The van der Waals surface area contributed by atoms with Gasteiger partial charge in [0.2, 0.25) is 0 Å². The molecule has 0 bridgehead atoms. The van der Waals surface area contributed by atoms with E-state index in [2.05, 4.69) is 5.32 Å². The number of carbonyl (C=O) groups excluding carboxylic acids is 1. The normalized spacial score (nSPS) is 20.9. The van der Waals surface area contributed by atoms with E-state index in [1.807, 2.05) is 29.2 Å². The van der Waals surface area contributed by atoms with Crippen LogP contribution in [0.1, 0.15) is 37.7 Å². The van der Waals surface area contributed by atoms with Crippen LogP contribution >= 0.6 is 0 Å². The summed E-state index contributed by atoms with van der Waals surface area (Å²) in [5.41, 5.74) is 7.67.